The Balaban J connectivity index is 2.07. The first-order valence-corrected chi connectivity index (χ1v) is 6.29. The van der Waals surface area contributed by atoms with E-state index in [4.69, 9.17) is 10.3 Å². The van der Waals surface area contributed by atoms with Crippen LogP contribution in [0.5, 0.6) is 0 Å². The van der Waals surface area contributed by atoms with Crippen molar-refractivity contribution in [1.82, 2.24) is 10.1 Å². The van der Waals surface area contributed by atoms with Crippen LogP contribution < -0.4 is 5.73 Å². The lowest BCUT2D eigenvalue weighted by atomic mass is 10.1. The molecule has 1 aromatic carbocycles. The summed E-state index contributed by atoms with van der Waals surface area (Å²) in [6, 6.07) is 7.09. The minimum Gasteiger partial charge on any atom is -0.338 e. The molecule has 2 rings (SSSR count). The molecule has 0 saturated heterocycles. The molecular formula is C11H10F3N3OS. The molecule has 4 nitrogen and oxygen atoms in total. The van der Waals surface area contributed by atoms with Crippen LogP contribution in [0.4, 0.5) is 13.2 Å². The summed E-state index contributed by atoms with van der Waals surface area (Å²) < 4.78 is 40.8. The lowest BCUT2D eigenvalue weighted by molar-refractivity contribution is -0.0330. The van der Waals surface area contributed by atoms with Gasteiger partial charge in [0.15, 0.2) is 0 Å². The summed E-state index contributed by atoms with van der Waals surface area (Å²) >= 11 is -0.212. The van der Waals surface area contributed by atoms with E-state index in [2.05, 4.69) is 10.1 Å². The fraction of sp³-hybridized carbons (Fsp3) is 0.273. The number of halogens is 3. The predicted molar refractivity (Wildman–Crippen MR) is 65.0 cm³/mol. The summed E-state index contributed by atoms with van der Waals surface area (Å²) in [4.78, 5) is 3.91. The Morgan fingerprint density at radius 1 is 1.21 bits per heavy atom. The molecule has 0 aliphatic rings. The average Bonchev–Trinajstić information content (AvgIpc) is 2.84. The highest BCUT2D eigenvalue weighted by Gasteiger charge is 2.29. The molecule has 2 N–H and O–H groups in total. The van der Waals surface area contributed by atoms with Gasteiger partial charge in [0.2, 0.25) is 11.7 Å². The number of nitrogens with two attached hydrogens (primary N) is 1. The van der Waals surface area contributed by atoms with Crippen molar-refractivity contribution in [2.45, 2.75) is 17.8 Å². The molecule has 8 heteroatoms. The molecule has 0 unspecified atom stereocenters. The van der Waals surface area contributed by atoms with Gasteiger partial charge in [-0.2, -0.15) is 18.2 Å². The first-order valence-electron chi connectivity index (χ1n) is 5.30. The SMILES string of the molecule is NCc1ccc(-c2noc(CSC(F)(F)F)n2)cc1. The standard InChI is InChI=1S/C11H10F3N3OS/c12-11(13,14)19-6-9-16-10(17-18-9)8-3-1-7(5-15)2-4-8/h1-4H,5-6,15H2. The number of hydrogen-bond donors (Lipinski definition) is 1. The topological polar surface area (TPSA) is 64.9 Å². The van der Waals surface area contributed by atoms with Crippen molar-refractivity contribution in [3.63, 3.8) is 0 Å². The molecular weight excluding hydrogens is 279 g/mol. The van der Waals surface area contributed by atoms with Crippen LogP contribution >= 0.6 is 11.8 Å². The van der Waals surface area contributed by atoms with Gasteiger partial charge >= 0.3 is 5.51 Å². The van der Waals surface area contributed by atoms with Crippen LogP contribution in [0.1, 0.15) is 11.5 Å². The molecule has 0 aliphatic carbocycles. The molecule has 0 radical (unpaired) electrons. The quantitative estimate of drug-likeness (QED) is 0.937. The number of benzene rings is 1. The van der Waals surface area contributed by atoms with Gasteiger partial charge in [-0.1, -0.05) is 29.4 Å². The van der Waals surface area contributed by atoms with Gasteiger partial charge < -0.3 is 10.3 Å². The second kappa shape index (κ2) is 5.62. The Morgan fingerprint density at radius 2 is 1.89 bits per heavy atom. The first kappa shape index (κ1) is 13.9. The van der Waals surface area contributed by atoms with Crippen molar-refractivity contribution in [2.75, 3.05) is 0 Å². The van der Waals surface area contributed by atoms with Gasteiger partial charge in [-0.25, -0.2) is 0 Å². The molecule has 0 aliphatic heterocycles. The van der Waals surface area contributed by atoms with E-state index in [1.54, 1.807) is 24.3 Å². The van der Waals surface area contributed by atoms with E-state index in [-0.39, 0.29) is 23.5 Å². The maximum atomic E-state index is 12.0. The fourth-order valence-corrected chi connectivity index (χ4v) is 1.77. The third-order valence-electron chi connectivity index (χ3n) is 2.28. The van der Waals surface area contributed by atoms with Gasteiger partial charge in [0, 0.05) is 12.1 Å². The summed E-state index contributed by atoms with van der Waals surface area (Å²) in [6.45, 7) is 0.417. The van der Waals surface area contributed by atoms with E-state index in [1.165, 1.54) is 0 Å². The van der Waals surface area contributed by atoms with Crippen molar-refractivity contribution in [3.8, 4) is 11.4 Å². The highest BCUT2D eigenvalue weighted by Crippen LogP contribution is 2.32. The summed E-state index contributed by atoms with van der Waals surface area (Å²) in [7, 11) is 0. The van der Waals surface area contributed by atoms with Crippen molar-refractivity contribution in [2.24, 2.45) is 5.73 Å². The van der Waals surface area contributed by atoms with Gasteiger partial charge in [0.25, 0.3) is 0 Å². The highest BCUT2D eigenvalue weighted by molar-refractivity contribution is 7.99. The Morgan fingerprint density at radius 3 is 2.47 bits per heavy atom. The van der Waals surface area contributed by atoms with Crippen LogP contribution in [-0.4, -0.2) is 15.6 Å². The van der Waals surface area contributed by atoms with E-state index in [9.17, 15) is 13.2 Å². The van der Waals surface area contributed by atoms with E-state index in [1.807, 2.05) is 0 Å². The van der Waals surface area contributed by atoms with Gasteiger partial charge in [-0.05, 0) is 17.3 Å². The third-order valence-corrected chi connectivity index (χ3v) is 2.99. The smallest absolute Gasteiger partial charge is 0.338 e. The number of nitrogens with zero attached hydrogens (tertiary/aromatic N) is 2. The Kier molecular flexibility index (Phi) is 4.11. The zero-order valence-corrected chi connectivity index (χ0v) is 10.5. The normalized spacial score (nSPS) is 11.8. The average molecular weight is 289 g/mol. The van der Waals surface area contributed by atoms with Crippen molar-refractivity contribution in [3.05, 3.63) is 35.7 Å². The Labute approximate surface area is 111 Å². The van der Waals surface area contributed by atoms with E-state index in [0.29, 0.717) is 12.1 Å². The predicted octanol–water partition coefficient (Wildman–Crippen LogP) is 2.95. The Bertz CT molecular complexity index is 539. The van der Waals surface area contributed by atoms with Crippen LogP contribution in [0, 0.1) is 0 Å². The van der Waals surface area contributed by atoms with Gasteiger partial charge in [0.05, 0.1) is 5.75 Å². The first-order chi connectivity index (χ1) is 8.98. The Hall–Kier alpha value is -1.54. The maximum Gasteiger partial charge on any atom is 0.442 e. The van der Waals surface area contributed by atoms with Gasteiger partial charge in [0.1, 0.15) is 0 Å². The van der Waals surface area contributed by atoms with Gasteiger partial charge in [-0.3, -0.25) is 0 Å². The monoisotopic (exact) mass is 289 g/mol. The van der Waals surface area contributed by atoms with Crippen LogP contribution in [-0.2, 0) is 12.3 Å². The number of rotatable bonds is 4. The molecule has 1 heterocycles. The van der Waals surface area contributed by atoms with Crippen molar-refractivity contribution >= 4 is 11.8 Å². The molecule has 102 valence electrons. The molecule has 0 atom stereocenters. The van der Waals surface area contributed by atoms with Crippen LogP contribution in [0.25, 0.3) is 11.4 Å². The highest BCUT2D eigenvalue weighted by atomic mass is 32.2. The number of thioether (sulfide) groups is 1. The maximum absolute atomic E-state index is 12.0. The van der Waals surface area contributed by atoms with Crippen molar-refractivity contribution in [1.29, 1.82) is 0 Å². The summed E-state index contributed by atoms with van der Waals surface area (Å²) in [6.07, 6.45) is 0. The molecule has 0 amide bonds. The van der Waals surface area contributed by atoms with Crippen LogP contribution in [0.3, 0.4) is 0 Å². The molecule has 0 spiro atoms. The van der Waals surface area contributed by atoms with Crippen LogP contribution in [0.15, 0.2) is 28.8 Å². The summed E-state index contributed by atoms with van der Waals surface area (Å²) in [5.41, 5.74) is 2.77. The molecule has 19 heavy (non-hydrogen) atoms. The molecule has 0 fully saturated rings. The van der Waals surface area contributed by atoms with E-state index < -0.39 is 11.3 Å². The lowest BCUT2D eigenvalue weighted by Crippen LogP contribution is -2.00. The largest absolute Gasteiger partial charge is 0.442 e. The van der Waals surface area contributed by atoms with E-state index >= 15 is 0 Å². The minimum absolute atomic E-state index is 0.0553. The second-order valence-corrected chi connectivity index (χ2v) is 4.69. The molecule has 1 aromatic heterocycles. The van der Waals surface area contributed by atoms with Gasteiger partial charge in [-0.15, -0.1) is 0 Å². The van der Waals surface area contributed by atoms with E-state index in [0.717, 1.165) is 5.56 Å². The minimum atomic E-state index is -4.31. The zero-order valence-electron chi connectivity index (χ0n) is 9.65. The molecule has 0 bridgehead atoms. The lowest BCUT2D eigenvalue weighted by Gasteiger charge is -2.01. The summed E-state index contributed by atoms with van der Waals surface area (Å²) in [5.74, 6) is -0.182. The number of alkyl halides is 3. The fourth-order valence-electron chi connectivity index (χ4n) is 1.36. The summed E-state index contributed by atoms with van der Waals surface area (Å²) in [5, 5.41) is 3.64. The molecule has 0 saturated carbocycles. The molecule has 2 aromatic rings. The zero-order chi connectivity index (χ0) is 13.9. The third kappa shape index (κ3) is 3.97. The number of hydrogen-bond acceptors (Lipinski definition) is 5. The van der Waals surface area contributed by atoms with Crippen molar-refractivity contribution < 1.29 is 17.7 Å². The number of aromatic nitrogens is 2. The van der Waals surface area contributed by atoms with Crippen LogP contribution in [0.2, 0.25) is 0 Å². The second-order valence-electron chi connectivity index (χ2n) is 3.65.